The summed E-state index contributed by atoms with van der Waals surface area (Å²) in [4.78, 5) is 12.2. The molecule has 1 unspecified atom stereocenters. The number of rotatable bonds is 8. The van der Waals surface area contributed by atoms with Gasteiger partial charge in [-0.25, -0.2) is 4.79 Å². The summed E-state index contributed by atoms with van der Waals surface area (Å²) in [5.41, 5.74) is 1.14. The van der Waals surface area contributed by atoms with Crippen LogP contribution in [0.1, 0.15) is 112 Å². The molecule has 0 bridgehead atoms. The van der Waals surface area contributed by atoms with E-state index in [0.29, 0.717) is 16.7 Å². The average Bonchev–Trinajstić information content (AvgIpc) is 3.15. The third-order valence-electron chi connectivity index (χ3n) is 11.6. The Hall–Kier alpha value is -0.830. The van der Waals surface area contributed by atoms with Gasteiger partial charge in [-0.05, 0) is 110 Å². The Balaban J connectivity index is 1.40. The maximum Gasteiger partial charge on any atom is 0.336 e. The minimum Gasteiger partial charge on any atom is -0.459 e. The summed E-state index contributed by atoms with van der Waals surface area (Å²) in [6.07, 6.45) is 15.8. The highest BCUT2D eigenvalue weighted by molar-refractivity contribution is 5.88. The molecule has 0 spiro atoms. The summed E-state index contributed by atoms with van der Waals surface area (Å²) < 4.78 is 5.75. The number of esters is 1. The van der Waals surface area contributed by atoms with Gasteiger partial charge in [0, 0.05) is 0 Å². The van der Waals surface area contributed by atoms with Crippen LogP contribution in [-0.4, -0.2) is 23.8 Å². The number of aliphatic hydroxyl groups is 1. The number of carbonyl (C=O) groups is 1. The zero-order valence-corrected chi connectivity index (χ0v) is 22.8. The van der Waals surface area contributed by atoms with Crippen molar-refractivity contribution in [2.75, 3.05) is 6.61 Å². The molecular formula is C31H52O3. The molecule has 0 aromatic carbocycles. The van der Waals surface area contributed by atoms with E-state index in [2.05, 4.69) is 41.2 Å². The molecule has 3 nitrogen and oxygen atoms in total. The SMILES string of the molecule is C=C(CO)C(=O)O[C@@H]1CC[C@@]2(C)[C@H](CC[C@@H]3[C@@H]2CC[C@]2(C)C([C@H](C)CCCC(C)C)CC[C@@H]32)C1. The lowest BCUT2D eigenvalue weighted by molar-refractivity contribution is -0.159. The number of fused-ring (bicyclic) bond motifs is 5. The number of hydrogen-bond donors (Lipinski definition) is 1. The summed E-state index contributed by atoms with van der Waals surface area (Å²) in [5.74, 6) is 5.56. The second kappa shape index (κ2) is 10.3. The zero-order chi connectivity index (χ0) is 24.7. The molecule has 34 heavy (non-hydrogen) atoms. The lowest BCUT2D eigenvalue weighted by atomic mass is 9.44. The van der Waals surface area contributed by atoms with Crippen LogP contribution in [0, 0.1) is 52.3 Å². The van der Waals surface area contributed by atoms with E-state index in [1.165, 1.54) is 64.2 Å². The van der Waals surface area contributed by atoms with Gasteiger partial charge in [0.15, 0.2) is 0 Å². The van der Waals surface area contributed by atoms with E-state index in [1.807, 2.05) is 0 Å². The number of carbonyl (C=O) groups excluding carboxylic acids is 1. The molecule has 9 atom stereocenters. The zero-order valence-electron chi connectivity index (χ0n) is 22.8. The Morgan fingerprint density at radius 1 is 0.971 bits per heavy atom. The second-order valence-corrected chi connectivity index (χ2v) is 13.8. The van der Waals surface area contributed by atoms with E-state index < -0.39 is 5.97 Å². The van der Waals surface area contributed by atoms with Crippen molar-refractivity contribution in [1.82, 2.24) is 0 Å². The molecule has 0 saturated heterocycles. The van der Waals surface area contributed by atoms with Gasteiger partial charge >= 0.3 is 5.97 Å². The Bertz CT molecular complexity index is 743. The maximum absolute atomic E-state index is 12.2. The third kappa shape index (κ3) is 4.76. The monoisotopic (exact) mass is 472 g/mol. The molecule has 3 heteroatoms. The molecule has 194 valence electrons. The van der Waals surface area contributed by atoms with Crippen LogP contribution in [0.2, 0.25) is 0 Å². The Morgan fingerprint density at radius 2 is 1.68 bits per heavy atom. The van der Waals surface area contributed by atoms with Crippen LogP contribution in [0.4, 0.5) is 0 Å². The lowest BCUT2D eigenvalue weighted by Crippen LogP contribution is -2.54. The molecule has 0 aromatic heterocycles. The van der Waals surface area contributed by atoms with E-state index in [0.717, 1.165) is 48.3 Å². The van der Waals surface area contributed by atoms with Gasteiger partial charge in [-0.3, -0.25) is 0 Å². The Morgan fingerprint density at radius 3 is 2.38 bits per heavy atom. The van der Waals surface area contributed by atoms with Crippen LogP contribution in [-0.2, 0) is 9.53 Å². The van der Waals surface area contributed by atoms with Crippen molar-refractivity contribution in [2.24, 2.45) is 52.3 Å². The van der Waals surface area contributed by atoms with E-state index in [4.69, 9.17) is 4.74 Å². The third-order valence-corrected chi connectivity index (χ3v) is 11.6. The highest BCUT2D eigenvalue weighted by atomic mass is 16.5. The predicted octanol–water partition coefficient (Wildman–Crippen LogP) is 7.57. The fraction of sp³-hybridized carbons (Fsp3) is 0.903. The number of ether oxygens (including phenoxy) is 1. The molecule has 0 radical (unpaired) electrons. The van der Waals surface area contributed by atoms with Gasteiger partial charge in [0.1, 0.15) is 6.10 Å². The largest absolute Gasteiger partial charge is 0.459 e. The quantitative estimate of drug-likeness (QED) is 0.293. The topological polar surface area (TPSA) is 46.5 Å². The minimum absolute atomic E-state index is 0.00170. The average molecular weight is 473 g/mol. The van der Waals surface area contributed by atoms with Crippen molar-refractivity contribution in [3.8, 4) is 0 Å². The summed E-state index contributed by atoms with van der Waals surface area (Å²) in [7, 11) is 0. The van der Waals surface area contributed by atoms with Crippen LogP contribution in [0.3, 0.4) is 0 Å². The van der Waals surface area contributed by atoms with Crippen LogP contribution in [0.5, 0.6) is 0 Å². The summed E-state index contributed by atoms with van der Waals surface area (Å²) in [5, 5.41) is 9.20. The Labute approximate surface area is 209 Å². The second-order valence-electron chi connectivity index (χ2n) is 13.8. The van der Waals surface area contributed by atoms with Crippen molar-refractivity contribution in [3.05, 3.63) is 12.2 Å². The summed E-state index contributed by atoms with van der Waals surface area (Å²) >= 11 is 0. The Kier molecular flexibility index (Phi) is 7.92. The number of hydrogen-bond acceptors (Lipinski definition) is 3. The molecule has 4 aliphatic carbocycles. The van der Waals surface area contributed by atoms with Crippen molar-refractivity contribution < 1.29 is 14.6 Å². The van der Waals surface area contributed by atoms with Gasteiger partial charge in [0.25, 0.3) is 0 Å². The standard InChI is InChI=1S/C31H52O3/c1-20(2)8-7-9-21(3)26-12-13-27-25-11-10-23-18-24(34-29(33)22(4)19-32)14-16-30(23,5)28(25)15-17-31(26,27)6/h20-21,23-28,32H,4,7-19H2,1-3,5-6H3/t21-,23-,24-,25+,26?,27+,28+,30+,31-/m1/s1. The van der Waals surface area contributed by atoms with Gasteiger partial charge < -0.3 is 9.84 Å². The van der Waals surface area contributed by atoms with Crippen molar-refractivity contribution in [1.29, 1.82) is 0 Å². The van der Waals surface area contributed by atoms with Crippen molar-refractivity contribution >= 4 is 5.97 Å². The van der Waals surface area contributed by atoms with E-state index in [9.17, 15) is 9.90 Å². The van der Waals surface area contributed by atoms with Gasteiger partial charge in [-0.2, -0.15) is 0 Å². The first-order valence-corrected chi connectivity index (χ1v) is 14.6. The lowest BCUT2D eigenvalue weighted by Gasteiger charge is -2.61. The first-order chi connectivity index (χ1) is 16.1. The fourth-order valence-corrected chi connectivity index (χ4v) is 9.65. The molecule has 4 rings (SSSR count). The van der Waals surface area contributed by atoms with Gasteiger partial charge in [-0.1, -0.05) is 60.5 Å². The molecule has 4 saturated carbocycles. The highest BCUT2D eigenvalue weighted by Crippen LogP contribution is 2.68. The van der Waals surface area contributed by atoms with Crippen molar-refractivity contribution in [3.63, 3.8) is 0 Å². The molecule has 1 N–H and O–H groups in total. The van der Waals surface area contributed by atoms with Crippen LogP contribution in [0.15, 0.2) is 12.2 Å². The van der Waals surface area contributed by atoms with E-state index in [1.54, 1.807) is 0 Å². The van der Waals surface area contributed by atoms with Crippen molar-refractivity contribution in [2.45, 2.75) is 118 Å². The van der Waals surface area contributed by atoms with Gasteiger partial charge in [0.2, 0.25) is 0 Å². The summed E-state index contributed by atoms with van der Waals surface area (Å²) in [6, 6.07) is 0. The van der Waals surface area contributed by atoms with Crippen LogP contribution in [0.25, 0.3) is 0 Å². The number of aliphatic hydroxyl groups excluding tert-OH is 1. The molecule has 0 amide bonds. The first-order valence-electron chi connectivity index (χ1n) is 14.6. The van der Waals surface area contributed by atoms with Crippen LogP contribution < -0.4 is 0 Å². The molecule has 0 heterocycles. The predicted molar refractivity (Wildman–Crippen MR) is 139 cm³/mol. The van der Waals surface area contributed by atoms with E-state index >= 15 is 0 Å². The molecule has 0 aromatic rings. The fourth-order valence-electron chi connectivity index (χ4n) is 9.65. The summed E-state index contributed by atoms with van der Waals surface area (Å²) in [6.45, 7) is 15.9. The van der Waals surface area contributed by atoms with E-state index in [-0.39, 0.29) is 18.3 Å². The molecular weight excluding hydrogens is 420 g/mol. The minimum atomic E-state index is -0.405. The molecule has 0 aliphatic heterocycles. The normalized spacial score (nSPS) is 42.4. The van der Waals surface area contributed by atoms with Gasteiger partial charge in [0.05, 0.1) is 12.2 Å². The molecule has 4 fully saturated rings. The van der Waals surface area contributed by atoms with Crippen LogP contribution >= 0.6 is 0 Å². The first kappa shape index (κ1) is 26.2. The maximum atomic E-state index is 12.2. The molecule has 4 aliphatic rings. The smallest absolute Gasteiger partial charge is 0.336 e. The van der Waals surface area contributed by atoms with Gasteiger partial charge in [-0.15, -0.1) is 0 Å². The highest BCUT2D eigenvalue weighted by Gasteiger charge is 2.60.